The lowest BCUT2D eigenvalue weighted by Gasteiger charge is -2.39. The second-order valence-corrected chi connectivity index (χ2v) is 11.4. The highest BCUT2D eigenvalue weighted by Gasteiger charge is 2.49. The molecule has 0 saturated heterocycles. The van der Waals surface area contributed by atoms with Crippen LogP contribution in [0.15, 0.2) is 47.4 Å². The summed E-state index contributed by atoms with van der Waals surface area (Å²) in [6.07, 6.45) is 2.02. The number of carbonyl (C=O) groups is 1. The lowest BCUT2D eigenvalue weighted by atomic mass is 9.69. The van der Waals surface area contributed by atoms with E-state index in [9.17, 15) is 18.3 Å². The molecule has 8 heteroatoms. The molecule has 7 nitrogen and oxygen atoms in total. The lowest BCUT2D eigenvalue weighted by molar-refractivity contribution is 0.0174. The number of hydrogen-bond donors (Lipinski definition) is 3. The van der Waals surface area contributed by atoms with Crippen molar-refractivity contribution in [3.8, 4) is 0 Å². The first-order valence-corrected chi connectivity index (χ1v) is 13.5. The predicted octanol–water partition coefficient (Wildman–Crippen LogP) is 4.37. The highest BCUT2D eigenvalue weighted by Crippen LogP contribution is 2.49. The van der Waals surface area contributed by atoms with Gasteiger partial charge in [-0.1, -0.05) is 38.8 Å². The van der Waals surface area contributed by atoms with Crippen molar-refractivity contribution in [1.82, 2.24) is 5.32 Å². The van der Waals surface area contributed by atoms with Crippen LogP contribution in [0, 0.1) is 5.41 Å². The van der Waals surface area contributed by atoms with E-state index < -0.39 is 27.3 Å². The summed E-state index contributed by atoms with van der Waals surface area (Å²) in [7, 11) is 1.72. The van der Waals surface area contributed by atoms with Gasteiger partial charge in [0.1, 0.15) is 0 Å². The maximum absolute atomic E-state index is 13.7. The van der Waals surface area contributed by atoms with Crippen molar-refractivity contribution in [2.75, 3.05) is 37.1 Å². The van der Waals surface area contributed by atoms with Crippen molar-refractivity contribution in [2.24, 2.45) is 5.41 Å². The Bertz CT molecular complexity index is 1130. The van der Waals surface area contributed by atoms with Crippen LogP contribution in [0.1, 0.15) is 56.6 Å². The summed E-state index contributed by atoms with van der Waals surface area (Å²) >= 11 is 0. The van der Waals surface area contributed by atoms with Crippen molar-refractivity contribution in [3.05, 3.63) is 53.6 Å². The third kappa shape index (κ3) is 5.08. The number of fused-ring (bicyclic) bond motifs is 1. The molecular formula is C26H37N3O4S. The Hall–Kier alpha value is -2.58. The molecule has 0 spiro atoms. The number of unbranched alkanes of at least 4 members (excludes halogenated alkanes) is 1. The summed E-state index contributed by atoms with van der Waals surface area (Å²) in [5.41, 5.74) is 2.04. The van der Waals surface area contributed by atoms with Gasteiger partial charge in [-0.3, -0.25) is 0 Å². The summed E-state index contributed by atoms with van der Waals surface area (Å²) in [5.74, 6) is -0.644. The van der Waals surface area contributed by atoms with Crippen LogP contribution >= 0.6 is 0 Å². The van der Waals surface area contributed by atoms with Gasteiger partial charge in [-0.15, -0.1) is 0 Å². The van der Waals surface area contributed by atoms with Gasteiger partial charge in [0.05, 0.1) is 16.8 Å². The Kier molecular flexibility index (Phi) is 7.93. The van der Waals surface area contributed by atoms with E-state index in [-0.39, 0.29) is 16.7 Å². The molecule has 0 bridgehead atoms. The number of aliphatic hydroxyl groups is 1. The molecule has 1 aliphatic rings. The van der Waals surface area contributed by atoms with Gasteiger partial charge in [-0.25, -0.2) is 13.2 Å². The molecule has 34 heavy (non-hydrogen) atoms. The second-order valence-electron chi connectivity index (χ2n) is 9.45. The lowest BCUT2D eigenvalue weighted by Crippen LogP contribution is -2.42. The number of hydrogen-bond acceptors (Lipinski definition) is 5. The topological polar surface area (TPSA) is 98.7 Å². The smallest absolute Gasteiger partial charge is 0.318 e. The van der Waals surface area contributed by atoms with Gasteiger partial charge in [-0.2, -0.15) is 0 Å². The highest BCUT2D eigenvalue weighted by atomic mass is 32.2. The van der Waals surface area contributed by atoms with Gasteiger partial charge < -0.3 is 20.6 Å². The quantitative estimate of drug-likeness (QED) is 0.539. The van der Waals surface area contributed by atoms with E-state index in [1.165, 1.54) is 0 Å². The van der Waals surface area contributed by atoms with Gasteiger partial charge in [0, 0.05) is 43.9 Å². The summed E-state index contributed by atoms with van der Waals surface area (Å²) < 4.78 is 27.4. The van der Waals surface area contributed by atoms with E-state index in [4.69, 9.17) is 0 Å². The Morgan fingerprint density at radius 3 is 2.53 bits per heavy atom. The molecule has 0 unspecified atom stereocenters. The minimum Gasteiger partial charge on any atom is -0.392 e. The first-order chi connectivity index (χ1) is 16.1. The fourth-order valence-electron chi connectivity index (χ4n) is 5.01. The molecule has 3 atom stereocenters. The zero-order valence-corrected chi connectivity index (χ0v) is 21.6. The summed E-state index contributed by atoms with van der Waals surface area (Å²) in [6, 6.07) is 12.3. The highest BCUT2D eigenvalue weighted by molar-refractivity contribution is 7.91. The molecule has 0 radical (unpaired) electrons. The van der Waals surface area contributed by atoms with Crippen molar-refractivity contribution in [3.63, 3.8) is 0 Å². The van der Waals surface area contributed by atoms with E-state index >= 15 is 0 Å². The van der Waals surface area contributed by atoms with Crippen LogP contribution in [0.25, 0.3) is 0 Å². The third-order valence-corrected chi connectivity index (χ3v) is 9.06. The largest absolute Gasteiger partial charge is 0.392 e. The number of rotatable bonds is 7. The summed E-state index contributed by atoms with van der Waals surface area (Å²) in [6.45, 7) is 4.04. The number of sulfone groups is 1. The van der Waals surface area contributed by atoms with Gasteiger partial charge in [0.25, 0.3) is 0 Å². The molecule has 0 aromatic heterocycles. The zero-order valence-electron chi connectivity index (χ0n) is 20.8. The number of nitrogens with one attached hydrogen (secondary N) is 2. The minimum absolute atomic E-state index is 0.0847. The van der Waals surface area contributed by atoms with E-state index in [0.717, 1.165) is 24.1 Å². The molecule has 2 aromatic carbocycles. The van der Waals surface area contributed by atoms with Crippen LogP contribution in [-0.2, 0) is 9.84 Å². The van der Waals surface area contributed by atoms with Crippen LogP contribution in [-0.4, -0.2) is 52.6 Å². The molecule has 0 fully saturated rings. The van der Waals surface area contributed by atoms with Crippen LogP contribution in [0.2, 0.25) is 0 Å². The van der Waals surface area contributed by atoms with Gasteiger partial charge in [0.2, 0.25) is 0 Å². The van der Waals surface area contributed by atoms with Gasteiger partial charge in [0.15, 0.2) is 9.84 Å². The number of amides is 2. The monoisotopic (exact) mass is 487 g/mol. The summed E-state index contributed by atoms with van der Waals surface area (Å²) in [4.78, 5) is 14.1. The minimum atomic E-state index is -3.64. The number of urea groups is 1. The van der Waals surface area contributed by atoms with E-state index in [1.807, 2.05) is 56.3 Å². The van der Waals surface area contributed by atoms with Crippen LogP contribution in [0.4, 0.5) is 16.2 Å². The maximum Gasteiger partial charge on any atom is 0.318 e. The Morgan fingerprint density at radius 1 is 1.18 bits per heavy atom. The zero-order chi connectivity index (χ0) is 25.1. The first kappa shape index (κ1) is 26.0. The Morgan fingerprint density at radius 2 is 1.91 bits per heavy atom. The molecule has 0 saturated carbocycles. The fourth-order valence-corrected chi connectivity index (χ4v) is 7.26. The van der Waals surface area contributed by atoms with Crippen LogP contribution in [0.5, 0.6) is 0 Å². The van der Waals surface area contributed by atoms with Crippen molar-refractivity contribution in [2.45, 2.75) is 56.4 Å². The van der Waals surface area contributed by atoms with Gasteiger partial charge >= 0.3 is 6.03 Å². The normalized spacial score (nSPS) is 23.5. The second kappa shape index (κ2) is 10.4. The van der Waals surface area contributed by atoms with Crippen molar-refractivity contribution < 1.29 is 18.3 Å². The average molecular weight is 488 g/mol. The molecule has 3 N–H and O–H groups in total. The van der Waals surface area contributed by atoms with Crippen molar-refractivity contribution in [1.29, 1.82) is 0 Å². The molecular weight excluding hydrogens is 450 g/mol. The maximum atomic E-state index is 13.7. The Balaban J connectivity index is 2.28. The number of aliphatic hydroxyl groups excluding tert-OH is 1. The standard InChI is InChI=1S/C26H37N3O4S/c1-6-8-14-26(7-2)17-34(32,33)22-13-12-20(29(4)5)16-21(22)23(24(26)30)18-10-9-11-19(15-18)28-25(31)27-3/h9-13,15-16,23-24,30H,6-8,14,17H2,1-5H3,(H2,27,28,31)/t23-,24-,26-/m1/s1. The molecule has 3 rings (SSSR count). The molecule has 1 heterocycles. The van der Waals surface area contributed by atoms with E-state index in [2.05, 4.69) is 17.6 Å². The third-order valence-electron chi connectivity index (χ3n) is 7.06. The molecule has 186 valence electrons. The van der Waals surface area contributed by atoms with Crippen LogP contribution in [0.3, 0.4) is 0 Å². The Labute approximate surface area is 203 Å². The predicted molar refractivity (Wildman–Crippen MR) is 137 cm³/mol. The molecule has 2 aromatic rings. The first-order valence-electron chi connectivity index (χ1n) is 11.9. The number of benzene rings is 2. The summed E-state index contributed by atoms with van der Waals surface area (Å²) in [5, 5.41) is 17.3. The van der Waals surface area contributed by atoms with E-state index in [1.54, 1.807) is 19.2 Å². The molecule has 0 aliphatic carbocycles. The SMILES string of the molecule is CCCC[C@]1(CC)CS(=O)(=O)c2ccc(N(C)C)cc2[C@@H](c2cccc(NC(=O)NC)c2)[C@H]1O. The average Bonchev–Trinajstić information content (AvgIpc) is 2.88. The number of anilines is 2. The molecule has 2 amide bonds. The van der Waals surface area contributed by atoms with Gasteiger partial charge in [-0.05, 0) is 54.3 Å². The number of carbonyl (C=O) groups excluding carboxylic acids is 1. The van der Waals surface area contributed by atoms with Crippen molar-refractivity contribution >= 4 is 27.2 Å². The number of nitrogens with zero attached hydrogens (tertiary/aromatic N) is 1. The van der Waals surface area contributed by atoms with Crippen LogP contribution < -0.4 is 15.5 Å². The molecule has 1 aliphatic heterocycles. The fraction of sp³-hybridized carbons (Fsp3) is 0.500. The van der Waals surface area contributed by atoms with E-state index in [0.29, 0.717) is 24.1 Å².